The molecule has 14 nitrogen and oxygen atoms in total. The summed E-state index contributed by atoms with van der Waals surface area (Å²) in [5.74, 6) is -1.12. The zero-order valence-corrected chi connectivity index (χ0v) is 26.9. The molecule has 1 unspecified atom stereocenters. The molecule has 2 heterocycles. The van der Waals surface area contributed by atoms with Crippen LogP contribution >= 0.6 is 7.44 Å². The molecule has 0 bridgehead atoms. The maximum atomic E-state index is 14.0. The van der Waals surface area contributed by atoms with Crippen LogP contribution in [0.4, 0.5) is 0 Å². The first-order valence-electron chi connectivity index (χ1n) is 14.6. The quantitative estimate of drug-likeness (QED) is 0.108. The first-order valence-corrected chi connectivity index (χ1v) is 16.4. The maximum absolute atomic E-state index is 14.0. The predicted octanol–water partition coefficient (Wildman–Crippen LogP) is 2.48. The van der Waals surface area contributed by atoms with Gasteiger partial charge < -0.3 is 24.5 Å². The van der Waals surface area contributed by atoms with Crippen molar-refractivity contribution in [1.82, 2.24) is 30.4 Å². The zero-order chi connectivity index (χ0) is 33.8. The minimum absolute atomic E-state index is 0.143. The molecule has 0 fully saturated rings. The van der Waals surface area contributed by atoms with E-state index in [1.807, 2.05) is 0 Å². The molecule has 246 valence electrons. The lowest BCUT2D eigenvalue weighted by Crippen LogP contribution is -2.36. The Hall–Kier alpha value is -5.17. The molecule has 0 spiro atoms. The Morgan fingerprint density at radius 2 is 1.45 bits per heavy atom. The summed E-state index contributed by atoms with van der Waals surface area (Å²) in [6.07, 6.45) is 2.75. The number of esters is 2. The van der Waals surface area contributed by atoms with Crippen LogP contribution in [0.15, 0.2) is 83.9 Å². The van der Waals surface area contributed by atoms with Gasteiger partial charge in [0.1, 0.15) is 30.1 Å². The molecule has 0 saturated carbocycles. The average Bonchev–Trinajstić information content (AvgIpc) is 3.09. The van der Waals surface area contributed by atoms with Gasteiger partial charge in [-0.15, -0.1) is 0 Å². The van der Waals surface area contributed by atoms with Crippen LogP contribution in [0.5, 0.6) is 5.75 Å². The van der Waals surface area contributed by atoms with Crippen LogP contribution < -0.4 is 31.1 Å². The molecule has 15 heteroatoms. The smallest absolute Gasteiger partial charge is 0.320 e. The van der Waals surface area contributed by atoms with Crippen molar-refractivity contribution in [2.24, 2.45) is 0 Å². The van der Waals surface area contributed by atoms with Gasteiger partial charge in [0.05, 0.1) is 26.4 Å². The minimum atomic E-state index is -3.74. The van der Waals surface area contributed by atoms with Crippen LogP contribution in [0.25, 0.3) is 11.5 Å². The Labute approximate surface area is 270 Å². The second-order valence-corrected chi connectivity index (χ2v) is 12.2. The molecule has 47 heavy (non-hydrogen) atoms. The molecular weight excluding hydrogens is 627 g/mol. The van der Waals surface area contributed by atoms with E-state index in [9.17, 15) is 23.7 Å². The molecule has 0 saturated heterocycles. The Morgan fingerprint density at radius 3 is 1.96 bits per heavy atom. The second kappa shape index (κ2) is 16.4. The molecule has 2 aromatic carbocycles. The Bertz CT molecular complexity index is 1760. The molecule has 1 amide bonds. The van der Waals surface area contributed by atoms with E-state index in [0.717, 1.165) is 0 Å². The number of pyridine rings is 1. The summed E-state index contributed by atoms with van der Waals surface area (Å²) in [4.78, 5) is 61.5. The number of nitrogens with zero attached hydrogens (tertiary/aromatic N) is 2. The van der Waals surface area contributed by atoms with Crippen LogP contribution in [-0.2, 0) is 23.6 Å². The van der Waals surface area contributed by atoms with E-state index in [4.69, 9.17) is 14.2 Å². The lowest BCUT2D eigenvalue weighted by Gasteiger charge is -2.23. The molecule has 0 aliphatic heterocycles. The molecule has 4 rings (SSSR count). The largest absolute Gasteiger partial charge is 0.497 e. The van der Waals surface area contributed by atoms with Crippen LogP contribution in [0.3, 0.4) is 0 Å². The van der Waals surface area contributed by atoms with Crippen molar-refractivity contribution in [2.45, 2.75) is 19.9 Å². The summed E-state index contributed by atoms with van der Waals surface area (Å²) in [5, 5.41) is 8.53. The molecule has 0 aliphatic rings. The van der Waals surface area contributed by atoms with Crippen molar-refractivity contribution < 1.29 is 33.2 Å². The van der Waals surface area contributed by atoms with Gasteiger partial charge in [0, 0.05) is 17.7 Å². The monoisotopic (exact) mass is 662 g/mol. The number of H-pyrrole nitrogens is 1. The molecular formula is C32H35N6O8P. The van der Waals surface area contributed by atoms with Gasteiger partial charge in [0.25, 0.3) is 11.5 Å². The highest BCUT2D eigenvalue weighted by molar-refractivity contribution is 7.67. The van der Waals surface area contributed by atoms with Crippen molar-refractivity contribution in [3.05, 3.63) is 106 Å². The van der Waals surface area contributed by atoms with Gasteiger partial charge in [-0.2, -0.15) is 0 Å². The first kappa shape index (κ1) is 34.7. The molecule has 1 atom stereocenters. The van der Waals surface area contributed by atoms with E-state index >= 15 is 0 Å². The van der Waals surface area contributed by atoms with E-state index in [1.54, 1.807) is 86.8 Å². The normalized spacial score (nSPS) is 11.7. The topological polar surface area (TPSA) is 191 Å². The summed E-state index contributed by atoms with van der Waals surface area (Å²) in [7, 11) is -2.20. The fourth-order valence-electron chi connectivity index (χ4n) is 4.44. The Kier molecular flexibility index (Phi) is 12.1. The third-order valence-corrected chi connectivity index (χ3v) is 9.00. The maximum Gasteiger partial charge on any atom is 0.320 e. The van der Waals surface area contributed by atoms with Crippen molar-refractivity contribution in [3.8, 4) is 17.3 Å². The number of ether oxygens (including phenoxy) is 3. The average molecular weight is 663 g/mol. The number of carbonyl (C=O) groups is 3. The SMILES string of the molecule is CCOC(=O)CNP(=O)(NCC(=O)OCC)c1ccc(C(NC(=O)c2cnc(-c3ccccn3)[nH]c2=O)c2ccc(OC)cc2)cc1. The number of carbonyl (C=O) groups excluding carboxylic acids is 3. The summed E-state index contributed by atoms with van der Waals surface area (Å²) in [5.41, 5.74) is 0.812. The highest BCUT2D eigenvalue weighted by atomic mass is 31.2. The highest BCUT2D eigenvalue weighted by Gasteiger charge is 2.28. The molecule has 0 radical (unpaired) electrons. The van der Waals surface area contributed by atoms with Crippen molar-refractivity contribution in [3.63, 3.8) is 0 Å². The van der Waals surface area contributed by atoms with Crippen molar-refractivity contribution >= 4 is 30.6 Å². The molecule has 4 N–H and O–H groups in total. The third kappa shape index (κ3) is 9.19. The summed E-state index contributed by atoms with van der Waals surface area (Å²) in [6, 6.07) is 17.7. The summed E-state index contributed by atoms with van der Waals surface area (Å²) < 4.78 is 29.2. The van der Waals surface area contributed by atoms with Gasteiger partial charge in [-0.1, -0.05) is 30.3 Å². The van der Waals surface area contributed by atoms with Crippen molar-refractivity contribution in [1.29, 1.82) is 0 Å². The fraction of sp³-hybridized carbons (Fsp3) is 0.250. The number of rotatable bonds is 15. The number of aromatic nitrogens is 3. The lowest BCUT2D eigenvalue weighted by atomic mass is 9.98. The van der Waals surface area contributed by atoms with E-state index in [2.05, 4.69) is 30.4 Å². The first-order chi connectivity index (χ1) is 22.7. The van der Waals surface area contributed by atoms with Crippen LogP contribution in [0.1, 0.15) is 41.4 Å². The number of methoxy groups -OCH3 is 1. The minimum Gasteiger partial charge on any atom is -0.497 e. The van der Waals surface area contributed by atoms with Crippen LogP contribution in [-0.4, -0.2) is 66.2 Å². The van der Waals surface area contributed by atoms with Gasteiger partial charge in [-0.05, 0) is 61.4 Å². The van der Waals surface area contributed by atoms with Gasteiger partial charge in [-0.25, -0.2) is 15.2 Å². The number of hydrogen-bond acceptors (Lipinski definition) is 10. The van der Waals surface area contributed by atoms with Gasteiger partial charge in [-0.3, -0.25) is 28.7 Å². The highest BCUT2D eigenvalue weighted by Crippen LogP contribution is 2.35. The Balaban J connectivity index is 1.64. The Morgan fingerprint density at radius 1 is 0.851 bits per heavy atom. The van der Waals surface area contributed by atoms with E-state index in [0.29, 0.717) is 22.6 Å². The van der Waals surface area contributed by atoms with E-state index in [1.165, 1.54) is 13.3 Å². The number of aromatic amines is 1. The van der Waals surface area contributed by atoms with Crippen LogP contribution in [0, 0.1) is 0 Å². The lowest BCUT2D eigenvalue weighted by molar-refractivity contribution is -0.142. The fourth-order valence-corrected chi connectivity index (χ4v) is 6.19. The number of amides is 1. The zero-order valence-electron chi connectivity index (χ0n) is 26.0. The molecule has 0 aliphatic carbocycles. The number of hydrogen-bond donors (Lipinski definition) is 4. The van der Waals surface area contributed by atoms with Gasteiger partial charge >= 0.3 is 11.9 Å². The molecule has 4 aromatic rings. The molecule has 2 aromatic heterocycles. The number of benzene rings is 2. The van der Waals surface area contributed by atoms with Gasteiger partial charge in [0.2, 0.25) is 7.44 Å². The van der Waals surface area contributed by atoms with Crippen LogP contribution in [0.2, 0.25) is 0 Å². The summed E-state index contributed by atoms with van der Waals surface area (Å²) >= 11 is 0. The standard InChI is InChI=1S/C32H35N6O8P/c1-4-45-27(39)19-35-47(43,36-20-28(40)46-5-2)24-15-11-22(12-16-24)29(21-9-13-23(44-3)14-10-21)37-31(41)25-18-34-30(38-32(25)42)26-8-6-7-17-33-26/h6-18,29H,4-5,19-20H2,1-3H3,(H,37,41)(H,34,38,42)(H2,35,36,43). The predicted molar refractivity (Wildman–Crippen MR) is 173 cm³/mol. The third-order valence-electron chi connectivity index (χ3n) is 6.77. The second-order valence-electron chi connectivity index (χ2n) is 9.85. The van der Waals surface area contributed by atoms with Crippen molar-refractivity contribution in [2.75, 3.05) is 33.4 Å². The van der Waals surface area contributed by atoms with E-state index in [-0.39, 0.29) is 43.0 Å². The van der Waals surface area contributed by atoms with Gasteiger partial charge in [0.15, 0.2) is 5.82 Å². The summed E-state index contributed by atoms with van der Waals surface area (Å²) in [6.45, 7) is 2.83. The number of nitrogens with one attached hydrogen (secondary N) is 4. The van der Waals surface area contributed by atoms with E-state index < -0.39 is 36.9 Å².